The molecule has 0 saturated carbocycles. The summed E-state index contributed by atoms with van der Waals surface area (Å²) in [7, 11) is 0. The van der Waals surface area contributed by atoms with Crippen molar-refractivity contribution in [2.24, 2.45) is 0 Å². The number of benzene rings is 1. The topological polar surface area (TPSA) is 101 Å². The highest BCUT2D eigenvalue weighted by molar-refractivity contribution is 8.00. The summed E-state index contributed by atoms with van der Waals surface area (Å²) < 4.78 is 13.9. The number of nitro groups is 1. The van der Waals surface area contributed by atoms with Crippen LogP contribution in [0.4, 0.5) is 10.1 Å². The number of aliphatic carboxylic acids is 1. The molecule has 1 aromatic carbocycles. The summed E-state index contributed by atoms with van der Waals surface area (Å²) in [6.45, 7) is 1.65. The normalized spacial score (nSPS) is 21.3. The Bertz CT molecular complexity index is 624. The summed E-state index contributed by atoms with van der Waals surface area (Å²) in [6.07, 6.45) is 0. The molecule has 0 radical (unpaired) electrons. The predicted molar refractivity (Wildman–Crippen MR) is 72.6 cm³/mol. The molecule has 1 aliphatic heterocycles. The lowest BCUT2D eigenvalue weighted by molar-refractivity contribution is -0.385. The Kier molecular flexibility index (Phi) is 4.12. The van der Waals surface area contributed by atoms with Gasteiger partial charge in [-0.15, -0.1) is 11.8 Å². The lowest BCUT2D eigenvalue weighted by Crippen LogP contribution is -2.45. The van der Waals surface area contributed by atoms with Crippen LogP contribution in [0.2, 0.25) is 0 Å². The number of non-ortho nitro benzene ring substituents is 1. The first-order chi connectivity index (χ1) is 9.82. The van der Waals surface area contributed by atoms with E-state index in [0.717, 1.165) is 17.0 Å². The fourth-order valence-corrected chi connectivity index (χ4v) is 3.24. The van der Waals surface area contributed by atoms with Gasteiger partial charge in [-0.1, -0.05) is 0 Å². The van der Waals surface area contributed by atoms with Crippen LogP contribution in [-0.4, -0.2) is 44.0 Å². The first-order valence-corrected chi connectivity index (χ1v) is 6.99. The average molecular weight is 314 g/mol. The molecular weight excluding hydrogens is 303 g/mol. The Balaban J connectivity index is 2.35. The Hall–Kier alpha value is -2.16. The number of carbonyl (C=O) groups is 2. The van der Waals surface area contributed by atoms with Gasteiger partial charge in [-0.05, 0) is 13.0 Å². The van der Waals surface area contributed by atoms with Crippen molar-refractivity contribution in [3.63, 3.8) is 0 Å². The second-order valence-corrected chi connectivity index (χ2v) is 5.77. The van der Waals surface area contributed by atoms with Gasteiger partial charge in [0.15, 0.2) is 0 Å². The third kappa shape index (κ3) is 2.82. The summed E-state index contributed by atoms with van der Waals surface area (Å²) in [4.78, 5) is 34.3. The molecule has 1 fully saturated rings. The van der Waals surface area contributed by atoms with E-state index in [0.29, 0.717) is 6.07 Å². The van der Waals surface area contributed by atoms with E-state index in [1.165, 1.54) is 11.8 Å². The van der Waals surface area contributed by atoms with E-state index in [-0.39, 0.29) is 11.3 Å². The molecule has 0 aliphatic carbocycles. The number of halogens is 1. The molecule has 112 valence electrons. The van der Waals surface area contributed by atoms with Gasteiger partial charge >= 0.3 is 5.97 Å². The Morgan fingerprint density at radius 1 is 1.52 bits per heavy atom. The monoisotopic (exact) mass is 314 g/mol. The molecule has 0 spiro atoms. The largest absolute Gasteiger partial charge is 0.480 e. The van der Waals surface area contributed by atoms with Crippen LogP contribution in [0, 0.1) is 15.9 Å². The quantitative estimate of drug-likeness (QED) is 0.673. The SMILES string of the molecule is CC1SCC(C(=O)O)N1C(=O)c1ccc([N+](=O)[O-])cc1F. The summed E-state index contributed by atoms with van der Waals surface area (Å²) in [5, 5.41) is 19.2. The minimum atomic E-state index is -1.16. The van der Waals surface area contributed by atoms with Gasteiger partial charge in [0.1, 0.15) is 11.9 Å². The van der Waals surface area contributed by atoms with E-state index in [2.05, 4.69) is 0 Å². The molecule has 1 amide bonds. The molecule has 1 aromatic rings. The van der Waals surface area contributed by atoms with Gasteiger partial charge in [-0.3, -0.25) is 14.9 Å². The van der Waals surface area contributed by atoms with Gasteiger partial charge < -0.3 is 10.0 Å². The van der Waals surface area contributed by atoms with Crippen molar-refractivity contribution in [2.75, 3.05) is 5.75 Å². The van der Waals surface area contributed by atoms with Crippen LogP contribution in [0.5, 0.6) is 0 Å². The number of carbonyl (C=O) groups excluding carboxylic acids is 1. The molecule has 7 nitrogen and oxygen atoms in total. The number of hydrogen-bond donors (Lipinski definition) is 1. The molecule has 1 aliphatic rings. The van der Waals surface area contributed by atoms with Crippen LogP contribution >= 0.6 is 11.8 Å². The average Bonchev–Trinajstić information content (AvgIpc) is 2.79. The smallest absolute Gasteiger partial charge is 0.327 e. The molecule has 0 aromatic heterocycles. The number of hydrogen-bond acceptors (Lipinski definition) is 5. The lowest BCUT2D eigenvalue weighted by Gasteiger charge is -2.25. The molecule has 2 rings (SSSR count). The highest BCUT2D eigenvalue weighted by Crippen LogP contribution is 2.31. The molecule has 2 unspecified atom stereocenters. The summed E-state index contributed by atoms with van der Waals surface area (Å²) >= 11 is 1.27. The van der Waals surface area contributed by atoms with E-state index in [1.54, 1.807) is 6.92 Å². The molecule has 21 heavy (non-hydrogen) atoms. The van der Waals surface area contributed by atoms with E-state index >= 15 is 0 Å². The van der Waals surface area contributed by atoms with Gasteiger partial charge in [0.2, 0.25) is 0 Å². The number of amides is 1. The maximum atomic E-state index is 13.9. The van der Waals surface area contributed by atoms with Gasteiger partial charge in [-0.2, -0.15) is 0 Å². The molecule has 9 heteroatoms. The van der Waals surface area contributed by atoms with Gasteiger partial charge in [0.05, 0.1) is 21.9 Å². The second kappa shape index (κ2) is 5.68. The van der Waals surface area contributed by atoms with Gasteiger partial charge in [0.25, 0.3) is 11.6 Å². The van der Waals surface area contributed by atoms with Crippen LogP contribution in [0.3, 0.4) is 0 Å². The van der Waals surface area contributed by atoms with E-state index in [9.17, 15) is 24.1 Å². The molecule has 1 heterocycles. The van der Waals surface area contributed by atoms with Crippen molar-refractivity contribution in [1.82, 2.24) is 4.90 Å². The van der Waals surface area contributed by atoms with E-state index in [1.807, 2.05) is 0 Å². The fraction of sp³-hybridized carbons (Fsp3) is 0.333. The highest BCUT2D eigenvalue weighted by atomic mass is 32.2. The second-order valence-electron chi connectivity index (χ2n) is 4.42. The number of carboxylic acids is 1. The van der Waals surface area contributed by atoms with E-state index < -0.39 is 39.7 Å². The van der Waals surface area contributed by atoms with Crippen molar-refractivity contribution in [3.05, 3.63) is 39.7 Å². The zero-order chi connectivity index (χ0) is 15.7. The number of nitro benzene ring substituents is 1. The summed E-state index contributed by atoms with van der Waals surface area (Å²) in [5.41, 5.74) is -0.844. The van der Waals surface area contributed by atoms with Crippen LogP contribution in [0.15, 0.2) is 18.2 Å². The first kappa shape index (κ1) is 15.2. The predicted octanol–water partition coefficient (Wildman–Crippen LogP) is 1.72. The summed E-state index contributed by atoms with van der Waals surface area (Å²) in [6, 6.07) is 1.63. The number of carboxylic acid groups (broad SMARTS) is 1. The third-order valence-electron chi connectivity index (χ3n) is 3.14. The van der Waals surface area contributed by atoms with Crippen molar-refractivity contribution in [2.45, 2.75) is 18.3 Å². The van der Waals surface area contributed by atoms with Crippen LogP contribution in [0.1, 0.15) is 17.3 Å². The summed E-state index contributed by atoms with van der Waals surface area (Å²) in [5.74, 6) is -2.77. The minimum absolute atomic E-state index is 0.219. The van der Waals surface area contributed by atoms with Gasteiger partial charge in [0, 0.05) is 11.8 Å². The third-order valence-corrected chi connectivity index (χ3v) is 4.35. The molecular formula is C12H11FN2O5S. The van der Waals surface area contributed by atoms with E-state index in [4.69, 9.17) is 5.11 Å². The van der Waals surface area contributed by atoms with Gasteiger partial charge in [-0.25, -0.2) is 9.18 Å². The van der Waals surface area contributed by atoms with Crippen LogP contribution in [-0.2, 0) is 4.79 Å². The fourth-order valence-electron chi connectivity index (χ4n) is 2.07. The Labute approximate surface area is 122 Å². The van der Waals surface area contributed by atoms with Crippen LogP contribution in [0.25, 0.3) is 0 Å². The standard InChI is InChI=1S/C12H11FN2O5S/c1-6-14(10(5-21-6)12(17)18)11(16)8-3-2-7(15(19)20)4-9(8)13/h2-4,6,10H,5H2,1H3,(H,17,18). The molecule has 2 atom stereocenters. The lowest BCUT2D eigenvalue weighted by atomic mass is 10.1. The Morgan fingerprint density at radius 3 is 2.71 bits per heavy atom. The van der Waals surface area contributed by atoms with Crippen molar-refractivity contribution in [3.8, 4) is 0 Å². The molecule has 1 N–H and O–H groups in total. The van der Waals surface area contributed by atoms with Crippen LogP contribution < -0.4 is 0 Å². The van der Waals surface area contributed by atoms with Crippen molar-refractivity contribution < 1.29 is 24.0 Å². The zero-order valence-corrected chi connectivity index (χ0v) is 11.7. The maximum absolute atomic E-state index is 13.9. The van der Waals surface area contributed by atoms with Crippen molar-refractivity contribution >= 4 is 29.3 Å². The Morgan fingerprint density at radius 2 is 2.19 bits per heavy atom. The number of nitrogens with zero attached hydrogens (tertiary/aromatic N) is 2. The number of thioether (sulfide) groups is 1. The first-order valence-electron chi connectivity index (χ1n) is 5.94. The zero-order valence-electron chi connectivity index (χ0n) is 10.9. The highest BCUT2D eigenvalue weighted by Gasteiger charge is 2.40. The number of rotatable bonds is 3. The molecule has 0 bridgehead atoms. The maximum Gasteiger partial charge on any atom is 0.327 e. The molecule has 1 saturated heterocycles. The van der Waals surface area contributed by atoms with Crippen molar-refractivity contribution in [1.29, 1.82) is 0 Å². The minimum Gasteiger partial charge on any atom is -0.480 e.